The molecule has 0 saturated heterocycles. The molecule has 0 atom stereocenters. The third-order valence-corrected chi connectivity index (χ3v) is 4.27. The van der Waals surface area contributed by atoms with Crippen LogP contribution in [0.5, 0.6) is 0 Å². The molecule has 2 heterocycles. The van der Waals surface area contributed by atoms with Crippen LogP contribution in [0.25, 0.3) is 0 Å². The van der Waals surface area contributed by atoms with Gasteiger partial charge in [-0.15, -0.1) is 11.3 Å². The van der Waals surface area contributed by atoms with E-state index in [1.165, 1.54) is 21.7 Å². The molecule has 0 fully saturated rings. The predicted molar refractivity (Wildman–Crippen MR) is 75.5 cm³/mol. The fourth-order valence-electron chi connectivity index (χ4n) is 2.35. The first kappa shape index (κ1) is 11.7. The molecule has 0 unspecified atom stereocenters. The highest BCUT2D eigenvalue weighted by atomic mass is 32.1. The van der Waals surface area contributed by atoms with E-state index in [0.29, 0.717) is 5.13 Å². The topological polar surface area (TPSA) is 42.2 Å². The van der Waals surface area contributed by atoms with E-state index in [4.69, 9.17) is 5.73 Å². The third-order valence-electron chi connectivity index (χ3n) is 3.35. The predicted octanol–water partition coefficient (Wildman–Crippen LogP) is 2.59. The van der Waals surface area contributed by atoms with Gasteiger partial charge in [-0.1, -0.05) is 29.8 Å². The second-order valence-electron chi connectivity index (χ2n) is 4.87. The molecular formula is C14H17N3S. The zero-order valence-electron chi connectivity index (χ0n) is 10.5. The fraction of sp³-hybridized carbons (Fsp3) is 0.357. The second kappa shape index (κ2) is 4.71. The van der Waals surface area contributed by atoms with E-state index in [1.807, 2.05) is 0 Å². The average molecular weight is 259 g/mol. The number of anilines is 1. The van der Waals surface area contributed by atoms with Crippen molar-refractivity contribution in [3.8, 4) is 0 Å². The Hall–Kier alpha value is -1.39. The maximum Gasteiger partial charge on any atom is 0.180 e. The Kier molecular flexibility index (Phi) is 3.06. The lowest BCUT2D eigenvalue weighted by Crippen LogP contribution is -2.29. The second-order valence-corrected chi connectivity index (χ2v) is 5.98. The van der Waals surface area contributed by atoms with Crippen molar-refractivity contribution in [1.82, 2.24) is 9.88 Å². The summed E-state index contributed by atoms with van der Waals surface area (Å²) in [7, 11) is 0. The molecule has 1 aromatic carbocycles. The van der Waals surface area contributed by atoms with E-state index in [0.717, 1.165) is 26.1 Å². The highest BCUT2D eigenvalue weighted by Crippen LogP contribution is 2.27. The van der Waals surface area contributed by atoms with Gasteiger partial charge in [0.25, 0.3) is 0 Å². The Morgan fingerprint density at radius 3 is 2.89 bits per heavy atom. The number of nitrogens with two attached hydrogens (primary N) is 1. The van der Waals surface area contributed by atoms with E-state index >= 15 is 0 Å². The molecule has 1 aliphatic rings. The summed E-state index contributed by atoms with van der Waals surface area (Å²) >= 11 is 1.63. The van der Waals surface area contributed by atoms with Gasteiger partial charge in [0.2, 0.25) is 0 Å². The van der Waals surface area contributed by atoms with Gasteiger partial charge in [-0.3, -0.25) is 4.90 Å². The molecule has 0 radical (unpaired) electrons. The summed E-state index contributed by atoms with van der Waals surface area (Å²) < 4.78 is 0. The van der Waals surface area contributed by atoms with Crippen LogP contribution in [0.4, 0.5) is 5.13 Å². The van der Waals surface area contributed by atoms with Crippen LogP contribution in [0.15, 0.2) is 24.3 Å². The zero-order valence-corrected chi connectivity index (χ0v) is 11.3. The number of benzene rings is 1. The minimum absolute atomic E-state index is 0.706. The van der Waals surface area contributed by atoms with Crippen molar-refractivity contribution in [2.45, 2.75) is 26.4 Å². The van der Waals surface area contributed by atoms with E-state index in [-0.39, 0.29) is 0 Å². The average Bonchev–Trinajstić information content (AvgIpc) is 2.71. The summed E-state index contributed by atoms with van der Waals surface area (Å²) in [5.74, 6) is 0. The first-order chi connectivity index (χ1) is 8.70. The Balaban J connectivity index is 1.70. The summed E-state index contributed by atoms with van der Waals surface area (Å²) in [5.41, 5.74) is 9.66. The van der Waals surface area contributed by atoms with Crippen LogP contribution in [0.2, 0.25) is 0 Å². The fourth-order valence-corrected chi connectivity index (χ4v) is 3.28. The number of aromatic nitrogens is 1. The summed E-state index contributed by atoms with van der Waals surface area (Å²) in [6.45, 7) is 5.19. The largest absolute Gasteiger partial charge is 0.375 e. The summed E-state index contributed by atoms with van der Waals surface area (Å²) in [5, 5.41) is 0.706. The van der Waals surface area contributed by atoms with Gasteiger partial charge < -0.3 is 5.73 Å². The molecule has 3 nitrogen and oxygen atoms in total. The number of hydrogen-bond acceptors (Lipinski definition) is 4. The Morgan fingerprint density at radius 2 is 2.11 bits per heavy atom. The van der Waals surface area contributed by atoms with Crippen molar-refractivity contribution in [3.63, 3.8) is 0 Å². The minimum atomic E-state index is 0.706. The third kappa shape index (κ3) is 2.40. The van der Waals surface area contributed by atoms with Crippen LogP contribution >= 0.6 is 11.3 Å². The SMILES string of the molecule is Cc1ccc(CN2CCc3nc(N)sc3C2)cc1. The van der Waals surface area contributed by atoms with Gasteiger partial charge in [0, 0.05) is 30.9 Å². The number of aryl methyl sites for hydroxylation is 1. The summed E-state index contributed by atoms with van der Waals surface area (Å²) in [6.07, 6.45) is 1.02. The molecule has 1 aliphatic heterocycles. The van der Waals surface area contributed by atoms with Gasteiger partial charge in [0.15, 0.2) is 5.13 Å². The Labute approximate surface area is 111 Å². The van der Waals surface area contributed by atoms with E-state index in [1.54, 1.807) is 11.3 Å². The van der Waals surface area contributed by atoms with Gasteiger partial charge in [-0.25, -0.2) is 4.98 Å². The number of hydrogen-bond donors (Lipinski definition) is 1. The molecule has 1 aromatic heterocycles. The first-order valence-corrected chi connectivity index (χ1v) is 7.04. The van der Waals surface area contributed by atoms with Crippen LogP contribution in [0, 0.1) is 6.92 Å². The molecular weight excluding hydrogens is 242 g/mol. The van der Waals surface area contributed by atoms with E-state index < -0.39 is 0 Å². The van der Waals surface area contributed by atoms with Crippen LogP contribution < -0.4 is 5.73 Å². The molecule has 2 aromatic rings. The van der Waals surface area contributed by atoms with Crippen molar-refractivity contribution >= 4 is 16.5 Å². The van der Waals surface area contributed by atoms with Gasteiger partial charge in [0.1, 0.15) is 0 Å². The smallest absolute Gasteiger partial charge is 0.180 e. The monoisotopic (exact) mass is 259 g/mol. The zero-order chi connectivity index (χ0) is 12.5. The van der Waals surface area contributed by atoms with Crippen LogP contribution in [-0.2, 0) is 19.5 Å². The molecule has 2 N–H and O–H groups in total. The van der Waals surface area contributed by atoms with Crippen molar-refractivity contribution in [3.05, 3.63) is 46.0 Å². The summed E-state index contributed by atoms with van der Waals surface area (Å²) in [6, 6.07) is 8.78. The normalized spacial score (nSPS) is 15.6. The van der Waals surface area contributed by atoms with Crippen LogP contribution in [-0.4, -0.2) is 16.4 Å². The Morgan fingerprint density at radius 1 is 1.33 bits per heavy atom. The number of rotatable bonds is 2. The van der Waals surface area contributed by atoms with Crippen LogP contribution in [0.1, 0.15) is 21.7 Å². The number of nitrogen functional groups attached to an aromatic ring is 1. The minimum Gasteiger partial charge on any atom is -0.375 e. The van der Waals surface area contributed by atoms with Crippen LogP contribution in [0.3, 0.4) is 0 Å². The molecule has 18 heavy (non-hydrogen) atoms. The molecule has 0 aliphatic carbocycles. The van der Waals surface area contributed by atoms with E-state index in [9.17, 15) is 0 Å². The number of nitrogens with zero attached hydrogens (tertiary/aromatic N) is 2. The van der Waals surface area contributed by atoms with Crippen molar-refractivity contribution in [2.75, 3.05) is 12.3 Å². The number of thiazole rings is 1. The van der Waals surface area contributed by atoms with E-state index in [2.05, 4.69) is 41.1 Å². The standard InChI is InChI=1S/C14H17N3S/c1-10-2-4-11(5-3-10)8-17-7-6-12-13(9-17)18-14(15)16-12/h2-5H,6-9H2,1H3,(H2,15,16). The maximum absolute atomic E-state index is 5.76. The molecule has 0 bridgehead atoms. The molecule has 3 rings (SSSR count). The van der Waals surface area contributed by atoms with Crippen molar-refractivity contribution in [1.29, 1.82) is 0 Å². The van der Waals surface area contributed by atoms with Gasteiger partial charge in [-0.2, -0.15) is 0 Å². The molecule has 94 valence electrons. The van der Waals surface area contributed by atoms with Gasteiger partial charge in [-0.05, 0) is 12.5 Å². The lowest BCUT2D eigenvalue weighted by atomic mass is 10.1. The highest BCUT2D eigenvalue weighted by Gasteiger charge is 2.19. The quantitative estimate of drug-likeness (QED) is 0.901. The van der Waals surface area contributed by atoms with Gasteiger partial charge in [0.05, 0.1) is 5.69 Å². The highest BCUT2D eigenvalue weighted by molar-refractivity contribution is 7.15. The molecule has 0 saturated carbocycles. The molecule has 0 spiro atoms. The summed E-state index contributed by atoms with van der Waals surface area (Å²) in [4.78, 5) is 8.18. The van der Waals surface area contributed by atoms with Crippen molar-refractivity contribution in [2.24, 2.45) is 0 Å². The maximum atomic E-state index is 5.76. The Bertz CT molecular complexity index is 545. The molecule has 0 amide bonds. The molecule has 4 heteroatoms. The number of fused-ring (bicyclic) bond motifs is 1. The lowest BCUT2D eigenvalue weighted by molar-refractivity contribution is 0.247. The van der Waals surface area contributed by atoms with Gasteiger partial charge >= 0.3 is 0 Å². The lowest BCUT2D eigenvalue weighted by Gasteiger charge is -2.25. The first-order valence-electron chi connectivity index (χ1n) is 6.22. The van der Waals surface area contributed by atoms with Crippen molar-refractivity contribution < 1.29 is 0 Å².